The van der Waals surface area contributed by atoms with Crippen molar-refractivity contribution in [2.24, 2.45) is 4.99 Å². The van der Waals surface area contributed by atoms with Gasteiger partial charge >= 0.3 is 0 Å². The van der Waals surface area contributed by atoms with Crippen LogP contribution < -0.4 is 20.7 Å². The van der Waals surface area contributed by atoms with Gasteiger partial charge in [-0.1, -0.05) is 31.2 Å². The third-order valence-corrected chi connectivity index (χ3v) is 5.19. The van der Waals surface area contributed by atoms with Crippen molar-refractivity contribution >= 4 is 41.5 Å². The van der Waals surface area contributed by atoms with E-state index < -0.39 is 0 Å². The Labute approximate surface area is 213 Å². The SMILES string of the molecule is CCNC(=NCc1ccc(C)cc1OC1CCOC1)NCC(=O)Nc1cccc(CC)c1.I. The van der Waals surface area contributed by atoms with Crippen LogP contribution >= 0.6 is 24.0 Å². The summed E-state index contributed by atoms with van der Waals surface area (Å²) >= 11 is 0. The fourth-order valence-electron chi connectivity index (χ4n) is 3.43. The van der Waals surface area contributed by atoms with Crippen molar-refractivity contribution in [1.29, 1.82) is 0 Å². The maximum atomic E-state index is 12.4. The van der Waals surface area contributed by atoms with Crippen molar-refractivity contribution in [3.05, 3.63) is 59.2 Å². The molecule has 33 heavy (non-hydrogen) atoms. The molecule has 3 N–H and O–H groups in total. The number of nitrogens with one attached hydrogen (secondary N) is 3. The van der Waals surface area contributed by atoms with E-state index >= 15 is 0 Å². The van der Waals surface area contributed by atoms with Crippen LogP contribution in [0.25, 0.3) is 0 Å². The fourth-order valence-corrected chi connectivity index (χ4v) is 3.43. The first-order valence-corrected chi connectivity index (χ1v) is 11.3. The number of aryl methyl sites for hydroxylation is 2. The summed E-state index contributed by atoms with van der Waals surface area (Å²) in [5.74, 6) is 1.30. The van der Waals surface area contributed by atoms with E-state index in [2.05, 4.69) is 33.9 Å². The van der Waals surface area contributed by atoms with Gasteiger partial charge in [-0.3, -0.25) is 4.79 Å². The van der Waals surface area contributed by atoms with E-state index in [1.165, 1.54) is 5.56 Å². The molecule has 1 aliphatic rings. The summed E-state index contributed by atoms with van der Waals surface area (Å²) in [6.07, 6.45) is 1.91. The summed E-state index contributed by atoms with van der Waals surface area (Å²) in [6.45, 7) is 8.76. The highest BCUT2D eigenvalue weighted by Crippen LogP contribution is 2.24. The molecule has 1 amide bonds. The Bertz CT molecular complexity index is 930. The number of carbonyl (C=O) groups is 1. The van der Waals surface area contributed by atoms with E-state index in [-0.39, 0.29) is 42.5 Å². The molecule has 0 aromatic heterocycles. The van der Waals surface area contributed by atoms with E-state index in [0.717, 1.165) is 42.0 Å². The number of nitrogens with zero attached hydrogens (tertiary/aromatic N) is 1. The average molecular weight is 566 g/mol. The summed E-state index contributed by atoms with van der Waals surface area (Å²) in [5, 5.41) is 9.23. The maximum absolute atomic E-state index is 12.4. The lowest BCUT2D eigenvalue weighted by Gasteiger charge is -2.16. The van der Waals surface area contributed by atoms with E-state index in [1.54, 1.807) is 0 Å². The molecule has 1 fully saturated rings. The highest BCUT2D eigenvalue weighted by Gasteiger charge is 2.18. The van der Waals surface area contributed by atoms with Gasteiger partial charge in [0, 0.05) is 24.2 Å². The number of hydrogen-bond acceptors (Lipinski definition) is 4. The van der Waals surface area contributed by atoms with Crippen molar-refractivity contribution in [2.45, 2.75) is 46.3 Å². The third kappa shape index (κ3) is 8.85. The number of ether oxygens (including phenoxy) is 2. The molecule has 7 nitrogen and oxygen atoms in total. The number of benzene rings is 2. The van der Waals surface area contributed by atoms with Gasteiger partial charge in [-0.15, -0.1) is 24.0 Å². The first kappa shape index (κ1) is 26.9. The quantitative estimate of drug-likeness (QED) is 0.243. The number of aliphatic imine (C=N–C) groups is 1. The zero-order valence-electron chi connectivity index (χ0n) is 19.6. The molecular formula is C25H35IN4O3. The Kier molecular flexibility index (Phi) is 11.5. The molecule has 0 saturated carbocycles. The monoisotopic (exact) mass is 566 g/mol. The number of amides is 1. The standard InChI is InChI=1S/C25H34N4O3.HI/c1-4-19-7-6-8-21(14-19)29-24(30)16-28-25(26-5-2)27-15-20-10-9-18(3)13-23(20)32-22-11-12-31-17-22;/h6-10,13-14,22H,4-5,11-12,15-17H2,1-3H3,(H,29,30)(H2,26,27,28);1H. The van der Waals surface area contributed by atoms with Gasteiger partial charge in [0.1, 0.15) is 11.9 Å². The van der Waals surface area contributed by atoms with Gasteiger partial charge in [0.25, 0.3) is 0 Å². The third-order valence-electron chi connectivity index (χ3n) is 5.19. The minimum Gasteiger partial charge on any atom is -0.488 e. The van der Waals surface area contributed by atoms with Gasteiger partial charge in [0.15, 0.2) is 5.96 Å². The van der Waals surface area contributed by atoms with Crippen LogP contribution in [0, 0.1) is 6.92 Å². The predicted molar refractivity (Wildman–Crippen MR) is 144 cm³/mol. The molecule has 3 rings (SSSR count). The van der Waals surface area contributed by atoms with Gasteiger partial charge in [-0.25, -0.2) is 4.99 Å². The average Bonchev–Trinajstić information content (AvgIpc) is 3.30. The van der Waals surface area contributed by atoms with Gasteiger partial charge in [0.2, 0.25) is 5.91 Å². The largest absolute Gasteiger partial charge is 0.488 e. The highest BCUT2D eigenvalue weighted by molar-refractivity contribution is 14.0. The van der Waals surface area contributed by atoms with Crippen molar-refractivity contribution < 1.29 is 14.3 Å². The van der Waals surface area contributed by atoms with Crippen LogP contribution in [0.2, 0.25) is 0 Å². The lowest BCUT2D eigenvalue weighted by atomic mass is 10.1. The zero-order valence-corrected chi connectivity index (χ0v) is 22.0. The molecule has 2 aromatic carbocycles. The first-order valence-electron chi connectivity index (χ1n) is 11.3. The molecule has 0 radical (unpaired) electrons. The van der Waals surface area contributed by atoms with Gasteiger partial charge in [-0.2, -0.15) is 0 Å². The second-order valence-electron chi connectivity index (χ2n) is 7.87. The second kappa shape index (κ2) is 14.0. The van der Waals surface area contributed by atoms with E-state index in [0.29, 0.717) is 25.7 Å². The molecule has 0 bridgehead atoms. The minimum atomic E-state index is -0.121. The molecule has 0 aliphatic carbocycles. The molecule has 0 spiro atoms. The van der Waals surface area contributed by atoms with Crippen molar-refractivity contribution in [3.63, 3.8) is 0 Å². The van der Waals surface area contributed by atoms with Crippen molar-refractivity contribution in [3.8, 4) is 5.75 Å². The van der Waals surface area contributed by atoms with E-state index in [1.807, 2.05) is 50.2 Å². The Balaban J connectivity index is 0.00000385. The second-order valence-corrected chi connectivity index (χ2v) is 7.87. The Morgan fingerprint density at radius 2 is 2.03 bits per heavy atom. The number of anilines is 1. The summed E-state index contributed by atoms with van der Waals surface area (Å²) in [5.41, 5.74) is 4.13. The molecular weight excluding hydrogens is 531 g/mol. The Morgan fingerprint density at radius 1 is 1.18 bits per heavy atom. The van der Waals surface area contributed by atoms with Gasteiger partial charge in [0.05, 0.1) is 26.3 Å². The lowest BCUT2D eigenvalue weighted by molar-refractivity contribution is -0.115. The highest BCUT2D eigenvalue weighted by atomic mass is 127. The molecule has 2 aromatic rings. The number of carbonyl (C=O) groups excluding carboxylic acids is 1. The van der Waals surface area contributed by atoms with Gasteiger partial charge in [-0.05, 0) is 49.6 Å². The summed E-state index contributed by atoms with van der Waals surface area (Å²) in [7, 11) is 0. The first-order chi connectivity index (χ1) is 15.6. The number of hydrogen-bond donors (Lipinski definition) is 3. The summed E-state index contributed by atoms with van der Waals surface area (Å²) < 4.78 is 11.6. The van der Waals surface area contributed by atoms with Crippen molar-refractivity contribution in [1.82, 2.24) is 10.6 Å². The predicted octanol–water partition coefficient (Wildman–Crippen LogP) is 4.04. The van der Waals surface area contributed by atoms with Crippen LogP contribution in [0.3, 0.4) is 0 Å². The Hall–Kier alpha value is -2.33. The lowest BCUT2D eigenvalue weighted by Crippen LogP contribution is -2.41. The molecule has 1 atom stereocenters. The number of guanidine groups is 1. The number of halogens is 1. The van der Waals surface area contributed by atoms with Crippen LogP contribution in [-0.2, 0) is 22.5 Å². The minimum absolute atomic E-state index is 0. The van der Waals surface area contributed by atoms with Crippen LogP contribution in [-0.4, -0.2) is 44.3 Å². The normalized spacial score (nSPS) is 15.5. The van der Waals surface area contributed by atoms with Crippen LogP contribution in [0.15, 0.2) is 47.5 Å². The zero-order chi connectivity index (χ0) is 22.8. The molecule has 1 unspecified atom stereocenters. The smallest absolute Gasteiger partial charge is 0.243 e. The Morgan fingerprint density at radius 3 is 2.76 bits per heavy atom. The van der Waals surface area contributed by atoms with Crippen molar-refractivity contribution in [2.75, 3.05) is 31.6 Å². The molecule has 180 valence electrons. The van der Waals surface area contributed by atoms with Crippen LogP contribution in [0.5, 0.6) is 5.75 Å². The van der Waals surface area contributed by atoms with E-state index in [4.69, 9.17) is 9.47 Å². The summed E-state index contributed by atoms with van der Waals surface area (Å²) in [6, 6.07) is 14.0. The van der Waals surface area contributed by atoms with Crippen LogP contribution in [0.1, 0.15) is 37.0 Å². The number of rotatable bonds is 9. The molecule has 1 aliphatic heterocycles. The molecule has 8 heteroatoms. The van der Waals surface area contributed by atoms with Gasteiger partial charge < -0.3 is 25.4 Å². The maximum Gasteiger partial charge on any atom is 0.243 e. The van der Waals surface area contributed by atoms with Crippen LogP contribution in [0.4, 0.5) is 5.69 Å². The molecule has 1 heterocycles. The van der Waals surface area contributed by atoms with E-state index in [9.17, 15) is 4.79 Å². The topological polar surface area (TPSA) is 84.0 Å². The summed E-state index contributed by atoms with van der Waals surface area (Å²) in [4.78, 5) is 17.0. The fraction of sp³-hybridized carbons (Fsp3) is 0.440. The molecule has 1 saturated heterocycles.